The van der Waals surface area contributed by atoms with Crippen LogP contribution in [-0.2, 0) is 0 Å². The lowest BCUT2D eigenvalue weighted by molar-refractivity contribution is 0.457. The van der Waals surface area contributed by atoms with E-state index in [-0.39, 0.29) is 16.2 Å². The van der Waals surface area contributed by atoms with Crippen molar-refractivity contribution in [3.05, 3.63) is 56.3 Å². The largest absolute Gasteiger partial charge is 0.493 e. The summed E-state index contributed by atoms with van der Waals surface area (Å²) in [6, 6.07) is 11.0. The Hall–Kier alpha value is -1.69. The molecule has 0 atom stereocenters. The zero-order valence-electron chi connectivity index (χ0n) is 10.0. The summed E-state index contributed by atoms with van der Waals surface area (Å²) in [7, 11) is 0. The Kier molecular flexibility index (Phi) is 3.56. The third-order valence-electron chi connectivity index (χ3n) is 2.69. The van der Waals surface area contributed by atoms with Crippen molar-refractivity contribution in [3.63, 3.8) is 0 Å². The molecule has 2 heterocycles. The number of halogens is 1. The predicted molar refractivity (Wildman–Crippen MR) is 83.8 cm³/mol. The summed E-state index contributed by atoms with van der Waals surface area (Å²) in [5.74, 6) is -0.281. The summed E-state index contributed by atoms with van der Waals surface area (Å²) in [6.45, 7) is 0. The van der Waals surface area contributed by atoms with Gasteiger partial charge in [-0.1, -0.05) is 53.3 Å². The van der Waals surface area contributed by atoms with Gasteiger partial charge in [0.2, 0.25) is 10.6 Å². The van der Waals surface area contributed by atoms with Crippen LogP contribution in [0.25, 0.3) is 21.0 Å². The minimum atomic E-state index is -0.281. The Labute approximate surface area is 127 Å². The lowest BCUT2D eigenvalue weighted by Gasteiger charge is -2.04. The molecule has 3 rings (SSSR count). The van der Waals surface area contributed by atoms with E-state index in [4.69, 9.17) is 11.6 Å². The quantitative estimate of drug-likeness (QED) is 0.767. The molecule has 3 nitrogen and oxygen atoms in total. The molecule has 20 heavy (non-hydrogen) atoms. The molecule has 6 heteroatoms. The van der Waals surface area contributed by atoms with Crippen LogP contribution in [-0.4, -0.2) is 10.1 Å². The first-order valence-electron chi connectivity index (χ1n) is 5.69. The third-order valence-corrected chi connectivity index (χ3v) is 4.96. The van der Waals surface area contributed by atoms with E-state index in [0.717, 1.165) is 16.9 Å². The SMILES string of the molecule is O=c1sc(-c2ccccc2)nc(O)c1-c1sccc1Cl. The summed E-state index contributed by atoms with van der Waals surface area (Å²) in [5, 5.41) is 12.8. The number of aromatic hydroxyl groups is 1. The van der Waals surface area contributed by atoms with Gasteiger partial charge in [-0.3, -0.25) is 4.79 Å². The highest BCUT2D eigenvalue weighted by atomic mass is 35.5. The van der Waals surface area contributed by atoms with Gasteiger partial charge in [0.15, 0.2) is 0 Å². The number of nitrogens with zero attached hydrogens (tertiary/aromatic N) is 1. The second-order valence-electron chi connectivity index (χ2n) is 3.97. The second-order valence-corrected chi connectivity index (χ2v) is 6.25. The molecular formula is C14H8ClNO2S2. The van der Waals surface area contributed by atoms with Crippen molar-refractivity contribution < 1.29 is 5.11 Å². The van der Waals surface area contributed by atoms with Crippen molar-refractivity contribution in [2.24, 2.45) is 0 Å². The van der Waals surface area contributed by atoms with Gasteiger partial charge < -0.3 is 5.11 Å². The van der Waals surface area contributed by atoms with Gasteiger partial charge in [-0.15, -0.1) is 11.3 Å². The van der Waals surface area contributed by atoms with Crippen LogP contribution < -0.4 is 4.74 Å². The monoisotopic (exact) mass is 321 g/mol. The van der Waals surface area contributed by atoms with Crippen LogP contribution >= 0.6 is 34.3 Å². The fraction of sp³-hybridized carbons (Fsp3) is 0. The summed E-state index contributed by atoms with van der Waals surface area (Å²) >= 11 is 8.32. The van der Waals surface area contributed by atoms with E-state index in [1.165, 1.54) is 11.3 Å². The van der Waals surface area contributed by atoms with Crippen LogP contribution in [0.2, 0.25) is 5.02 Å². The van der Waals surface area contributed by atoms with Gasteiger partial charge >= 0.3 is 0 Å². The van der Waals surface area contributed by atoms with Crippen molar-refractivity contribution >= 4 is 34.3 Å². The molecular weight excluding hydrogens is 314 g/mol. The summed E-state index contributed by atoms with van der Waals surface area (Å²) in [6.07, 6.45) is 0. The first-order chi connectivity index (χ1) is 9.66. The first-order valence-corrected chi connectivity index (χ1v) is 7.77. The van der Waals surface area contributed by atoms with E-state index in [2.05, 4.69) is 4.98 Å². The molecule has 2 aromatic heterocycles. The van der Waals surface area contributed by atoms with Crippen molar-refractivity contribution in [1.82, 2.24) is 4.98 Å². The summed E-state index contributed by atoms with van der Waals surface area (Å²) in [5.41, 5.74) is 0.975. The van der Waals surface area contributed by atoms with E-state index >= 15 is 0 Å². The van der Waals surface area contributed by atoms with Gasteiger partial charge in [0.1, 0.15) is 10.6 Å². The fourth-order valence-electron chi connectivity index (χ4n) is 1.78. The lowest BCUT2D eigenvalue weighted by atomic mass is 10.2. The number of benzene rings is 1. The Morgan fingerprint density at radius 2 is 1.90 bits per heavy atom. The summed E-state index contributed by atoms with van der Waals surface area (Å²) < 4.78 is -0.249. The van der Waals surface area contributed by atoms with Crippen molar-refractivity contribution in [3.8, 4) is 26.9 Å². The zero-order valence-corrected chi connectivity index (χ0v) is 12.4. The maximum atomic E-state index is 12.3. The van der Waals surface area contributed by atoms with E-state index in [0.29, 0.717) is 14.9 Å². The van der Waals surface area contributed by atoms with Crippen LogP contribution in [0, 0.1) is 0 Å². The van der Waals surface area contributed by atoms with Gasteiger partial charge in [0.05, 0.1) is 9.90 Å². The molecule has 0 amide bonds. The van der Waals surface area contributed by atoms with Crippen LogP contribution in [0.3, 0.4) is 0 Å². The molecule has 1 aromatic carbocycles. The molecule has 100 valence electrons. The van der Waals surface area contributed by atoms with E-state index < -0.39 is 0 Å². The molecule has 0 fully saturated rings. The third kappa shape index (κ3) is 2.35. The Balaban J connectivity index is 2.18. The molecule has 0 radical (unpaired) electrons. The molecule has 0 bridgehead atoms. The van der Waals surface area contributed by atoms with Crippen LogP contribution in [0.5, 0.6) is 5.88 Å². The minimum absolute atomic E-state index is 0.176. The standard InChI is InChI=1S/C14H8ClNO2S2/c15-9-6-7-19-11(9)10-12(17)16-13(20-14(10)18)8-4-2-1-3-5-8/h1-7,17H. The molecule has 3 aromatic rings. The van der Waals surface area contributed by atoms with Crippen molar-refractivity contribution in [1.29, 1.82) is 0 Å². The number of thiophene rings is 1. The highest BCUT2D eigenvalue weighted by Crippen LogP contribution is 2.36. The van der Waals surface area contributed by atoms with Gasteiger partial charge in [-0.2, -0.15) is 0 Å². The predicted octanol–water partition coefficient (Wildman–Crippen LogP) is 4.26. The average Bonchev–Trinajstić information content (AvgIpc) is 2.85. The molecule has 0 aliphatic rings. The second kappa shape index (κ2) is 5.36. The summed E-state index contributed by atoms with van der Waals surface area (Å²) in [4.78, 5) is 16.9. The molecule has 0 aliphatic heterocycles. The molecule has 0 saturated carbocycles. The number of rotatable bonds is 2. The highest BCUT2D eigenvalue weighted by molar-refractivity contribution is 7.15. The van der Waals surface area contributed by atoms with Crippen molar-refractivity contribution in [2.45, 2.75) is 0 Å². The Bertz CT molecular complexity index is 812. The Morgan fingerprint density at radius 3 is 2.50 bits per heavy atom. The maximum Gasteiger partial charge on any atom is 0.248 e. The van der Waals surface area contributed by atoms with Crippen LogP contribution in [0.15, 0.2) is 46.6 Å². The first kappa shape index (κ1) is 13.3. The number of hydrogen-bond donors (Lipinski definition) is 1. The van der Waals surface area contributed by atoms with Gasteiger partial charge in [0.25, 0.3) is 0 Å². The molecule has 0 spiro atoms. The minimum Gasteiger partial charge on any atom is -0.493 e. The highest BCUT2D eigenvalue weighted by Gasteiger charge is 2.17. The normalized spacial score (nSPS) is 10.7. The van der Waals surface area contributed by atoms with E-state index in [1.54, 1.807) is 11.4 Å². The Morgan fingerprint density at radius 1 is 1.15 bits per heavy atom. The maximum absolute atomic E-state index is 12.3. The van der Waals surface area contributed by atoms with E-state index in [1.807, 2.05) is 30.3 Å². The molecule has 0 aliphatic carbocycles. The van der Waals surface area contributed by atoms with Gasteiger partial charge in [-0.25, -0.2) is 4.98 Å². The van der Waals surface area contributed by atoms with Crippen LogP contribution in [0.4, 0.5) is 0 Å². The van der Waals surface area contributed by atoms with Gasteiger partial charge in [0, 0.05) is 5.56 Å². The van der Waals surface area contributed by atoms with Crippen molar-refractivity contribution in [2.75, 3.05) is 0 Å². The lowest BCUT2D eigenvalue weighted by Crippen LogP contribution is -2.01. The molecule has 1 N–H and O–H groups in total. The van der Waals surface area contributed by atoms with Gasteiger partial charge in [-0.05, 0) is 11.4 Å². The smallest absolute Gasteiger partial charge is 0.248 e. The topological polar surface area (TPSA) is 50.2 Å². The molecule has 0 saturated heterocycles. The fourth-order valence-corrected chi connectivity index (χ4v) is 3.89. The number of hydrogen-bond acceptors (Lipinski definition) is 5. The van der Waals surface area contributed by atoms with E-state index in [9.17, 15) is 9.90 Å². The van der Waals surface area contributed by atoms with Crippen LogP contribution in [0.1, 0.15) is 0 Å². The average molecular weight is 322 g/mol. The molecule has 0 unspecified atom stereocenters. The zero-order chi connectivity index (χ0) is 14.1. The number of aromatic nitrogens is 1.